The Morgan fingerprint density at radius 3 is 2.64 bits per heavy atom. The molecule has 22 heavy (non-hydrogen) atoms. The molecule has 2 fully saturated rings. The number of hydrogen-bond acceptors (Lipinski definition) is 5. The summed E-state index contributed by atoms with van der Waals surface area (Å²) in [7, 11) is 0. The van der Waals surface area contributed by atoms with E-state index in [1.54, 1.807) is 12.4 Å². The largest absolute Gasteiger partial charge is 0.481 e. The number of carboxylic acids is 1. The summed E-state index contributed by atoms with van der Waals surface area (Å²) >= 11 is 1.87. The molecule has 0 aromatic carbocycles. The minimum absolute atomic E-state index is 0. The van der Waals surface area contributed by atoms with Gasteiger partial charge in [-0.15, -0.1) is 0 Å². The maximum Gasteiger partial charge on any atom is 0.315 e. The number of rotatable bonds is 5. The van der Waals surface area contributed by atoms with Crippen molar-refractivity contribution in [3.8, 4) is 0 Å². The molecule has 124 valence electrons. The predicted octanol–water partition coefficient (Wildman–Crippen LogP) is 0.601. The first kappa shape index (κ1) is 19.6. The number of carbonyl (C=O) groups excluding carboxylic acids is 1. The van der Waals surface area contributed by atoms with E-state index in [-0.39, 0.29) is 64.5 Å². The molecular weight excluding hydrogens is 451 g/mol. The maximum absolute atomic E-state index is 11.1. The average Bonchev–Trinajstić information content (AvgIpc) is 3.14. The third-order valence-electron chi connectivity index (χ3n) is 3.40. The Morgan fingerprint density at radius 1 is 1.32 bits per heavy atom. The van der Waals surface area contributed by atoms with E-state index < -0.39 is 5.97 Å². The fraction of sp³-hybridized carbons (Fsp3) is 0.667. The first-order chi connectivity index (χ1) is 10.2. The van der Waals surface area contributed by atoms with Gasteiger partial charge >= 0.3 is 12.0 Å². The van der Waals surface area contributed by atoms with E-state index in [1.165, 1.54) is 0 Å². The number of fused-ring (bicyclic) bond motifs is 1. The number of hydrogen-bond donors (Lipinski definition) is 4. The number of aliphatic carboxylic acids is 1. The van der Waals surface area contributed by atoms with Crippen LogP contribution in [-0.4, -0.2) is 55.6 Å². The molecular formula is C12H19GdN5O3S. The molecule has 0 aliphatic carbocycles. The number of nitrogens with zero attached hydrogens (tertiary/aromatic N) is 2. The van der Waals surface area contributed by atoms with Crippen molar-refractivity contribution >= 4 is 23.8 Å². The number of unbranched alkanes of at least 4 members (excludes halogenated alkanes) is 1. The van der Waals surface area contributed by atoms with Crippen molar-refractivity contribution in [3.63, 3.8) is 0 Å². The van der Waals surface area contributed by atoms with Crippen molar-refractivity contribution in [2.24, 2.45) is 0 Å². The molecule has 10 heteroatoms. The summed E-state index contributed by atoms with van der Waals surface area (Å²) in [6.07, 6.45) is 6.05. The first-order valence-electron chi connectivity index (χ1n) is 6.87. The molecule has 8 nitrogen and oxygen atoms in total. The number of carboxylic acid groups (broad SMARTS) is 1. The quantitative estimate of drug-likeness (QED) is 0.370. The minimum Gasteiger partial charge on any atom is -0.481 e. The van der Waals surface area contributed by atoms with Crippen LogP contribution >= 0.6 is 11.8 Å². The van der Waals surface area contributed by atoms with Crippen molar-refractivity contribution in [3.05, 3.63) is 12.4 Å². The van der Waals surface area contributed by atoms with E-state index in [0.717, 1.165) is 25.0 Å². The number of amides is 2. The van der Waals surface area contributed by atoms with E-state index in [9.17, 15) is 9.59 Å². The molecule has 0 saturated carbocycles. The second-order valence-electron chi connectivity index (χ2n) is 4.92. The van der Waals surface area contributed by atoms with Gasteiger partial charge in [0.05, 0.1) is 24.5 Å². The number of urea groups is 1. The van der Waals surface area contributed by atoms with Gasteiger partial charge in [0.2, 0.25) is 0 Å². The van der Waals surface area contributed by atoms with Gasteiger partial charge in [0.1, 0.15) is 0 Å². The fourth-order valence-corrected chi connectivity index (χ4v) is 3.98. The fourth-order valence-electron chi connectivity index (χ4n) is 2.43. The topological polar surface area (TPSA) is 120 Å². The Morgan fingerprint density at radius 2 is 2.05 bits per heavy atom. The molecule has 0 spiro atoms. The Bertz CT molecular complexity index is 444. The van der Waals surface area contributed by atoms with Crippen LogP contribution in [-0.2, 0) is 4.79 Å². The zero-order valence-electron chi connectivity index (χ0n) is 11.8. The number of nitrogens with one attached hydrogen (secondary N) is 3. The molecule has 0 radical (unpaired) electrons. The standard InChI is InChI=1S/C10H16N2O3S.C2H3N3.Gd/c13-8(14)4-2-1-3-7-9-6(5-16-7)11-10(15)12-9;1-2-4-5-3-1;/h6-7,9H,1-5H2,(H,13,14)(H2,11,12,15);1-2H,(H,3,4,5);/t6-,7-,9-;;/m0../s1. The van der Waals surface area contributed by atoms with Gasteiger partial charge in [-0.05, 0) is 12.8 Å². The molecule has 3 atom stereocenters. The molecule has 2 amide bonds. The van der Waals surface area contributed by atoms with Crippen LogP contribution in [0.15, 0.2) is 12.4 Å². The van der Waals surface area contributed by atoms with Crippen molar-refractivity contribution in [2.75, 3.05) is 5.75 Å². The van der Waals surface area contributed by atoms with Crippen molar-refractivity contribution in [1.29, 1.82) is 0 Å². The van der Waals surface area contributed by atoms with Gasteiger partial charge in [0, 0.05) is 57.4 Å². The Hall–Kier alpha value is -0.445. The zero-order chi connectivity index (χ0) is 15.1. The molecule has 4 N–H and O–H groups in total. The van der Waals surface area contributed by atoms with Crippen LogP contribution in [0.5, 0.6) is 0 Å². The smallest absolute Gasteiger partial charge is 0.315 e. The van der Waals surface area contributed by atoms with Crippen molar-refractivity contribution in [2.45, 2.75) is 43.0 Å². The normalized spacial score (nSPS) is 25.1. The monoisotopic (exact) mass is 471 g/mol. The molecule has 0 unspecified atom stereocenters. The summed E-state index contributed by atoms with van der Waals surface area (Å²) < 4.78 is 0. The summed E-state index contributed by atoms with van der Waals surface area (Å²) in [6.45, 7) is 0. The average molecular weight is 471 g/mol. The molecule has 2 saturated heterocycles. The summed E-state index contributed by atoms with van der Waals surface area (Å²) in [6, 6.07) is 0.440. The third kappa shape index (κ3) is 6.35. The molecule has 2 aliphatic heterocycles. The molecule has 0 bridgehead atoms. The molecule has 2 aliphatic rings. The van der Waals surface area contributed by atoms with Crippen LogP contribution in [0.3, 0.4) is 0 Å². The van der Waals surface area contributed by atoms with Crippen LogP contribution in [0.4, 0.5) is 4.79 Å². The summed E-state index contributed by atoms with van der Waals surface area (Å²) in [5.41, 5.74) is 0. The van der Waals surface area contributed by atoms with Crippen LogP contribution in [0, 0.1) is 39.9 Å². The first-order valence-corrected chi connectivity index (χ1v) is 7.92. The van der Waals surface area contributed by atoms with E-state index in [1.807, 2.05) is 11.8 Å². The Kier molecular flexibility index (Phi) is 9.22. The van der Waals surface area contributed by atoms with Crippen molar-refractivity contribution in [1.82, 2.24) is 26.0 Å². The van der Waals surface area contributed by atoms with Gasteiger partial charge in [0.15, 0.2) is 0 Å². The maximum atomic E-state index is 11.1. The van der Waals surface area contributed by atoms with Crippen LogP contribution in [0.25, 0.3) is 0 Å². The van der Waals surface area contributed by atoms with Crippen LogP contribution in [0.2, 0.25) is 0 Å². The molecule has 3 heterocycles. The van der Waals surface area contributed by atoms with Gasteiger partial charge < -0.3 is 15.7 Å². The van der Waals surface area contributed by atoms with E-state index >= 15 is 0 Å². The van der Waals surface area contributed by atoms with Gasteiger partial charge in [-0.2, -0.15) is 27.2 Å². The molecule has 1 aromatic heterocycles. The van der Waals surface area contributed by atoms with Crippen molar-refractivity contribution < 1.29 is 54.6 Å². The number of carbonyl (C=O) groups is 2. The summed E-state index contributed by atoms with van der Waals surface area (Å²) in [5, 5.41) is 24.1. The van der Waals surface area contributed by atoms with Crippen LogP contribution in [0.1, 0.15) is 25.7 Å². The predicted molar refractivity (Wildman–Crippen MR) is 78.0 cm³/mol. The summed E-state index contributed by atoms with van der Waals surface area (Å²) in [4.78, 5) is 21.5. The van der Waals surface area contributed by atoms with Gasteiger partial charge in [-0.25, -0.2) is 4.79 Å². The summed E-state index contributed by atoms with van der Waals surface area (Å²) in [5.74, 6) is 0.236. The number of thioether (sulfide) groups is 1. The van der Waals surface area contributed by atoms with Gasteiger partial charge in [-0.3, -0.25) is 4.79 Å². The number of aromatic nitrogens is 3. The van der Waals surface area contributed by atoms with Gasteiger partial charge in [-0.1, -0.05) is 6.42 Å². The third-order valence-corrected chi connectivity index (χ3v) is 4.91. The number of H-pyrrole nitrogens is 1. The van der Waals surface area contributed by atoms with Crippen LogP contribution < -0.4 is 10.6 Å². The number of aromatic amines is 1. The minimum atomic E-state index is -0.729. The van der Waals surface area contributed by atoms with E-state index in [0.29, 0.717) is 5.25 Å². The molecule has 1 aromatic rings. The van der Waals surface area contributed by atoms with E-state index in [4.69, 9.17) is 5.11 Å². The Labute approximate surface area is 164 Å². The zero-order valence-corrected chi connectivity index (χ0v) is 14.9. The van der Waals surface area contributed by atoms with E-state index in [2.05, 4.69) is 26.0 Å². The second kappa shape index (κ2) is 10.4. The molecule has 3 rings (SSSR count). The van der Waals surface area contributed by atoms with Gasteiger partial charge in [0.25, 0.3) is 0 Å². The Balaban J connectivity index is 0.000000344. The second-order valence-corrected chi connectivity index (χ2v) is 6.19. The SMILES string of the molecule is O=C(O)CCCC[C@@H]1SC[C@@H]2NC(=O)N[C@@H]21.[Gd].c1cn[nH]n1.